The molecule has 0 N–H and O–H groups in total. The monoisotopic (exact) mass is 124 g/mol. The molecule has 9 heavy (non-hydrogen) atoms. The molecule has 0 aromatic rings. The molecular weight excluding hydrogens is 112 g/mol. The Bertz CT molecular complexity index is 123. The molecule has 0 aliphatic rings. The third-order valence-corrected chi connectivity index (χ3v) is 0.707. The fourth-order valence-electron chi connectivity index (χ4n) is 0.341. The Balaban J connectivity index is 3.35. The molecule has 0 aliphatic carbocycles. The normalized spacial score (nSPS) is 12.7. The van der Waals surface area contributed by atoms with Crippen molar-refractivity contribution >= 4 is 12.4 Å². The predicted molar refractivity (Wildman–Crippen MR) is 42.1 cm³/mol. The second-order valence-electron chi connectivity index (χ2n) is 1.47. The van der Waals surface area contributed by atoms with Crippen molar-refractivity contribution in [3.05, 3.63) is 12.2 Å². The molecule has 0 radical (unpaired) electrons. The van der Waals surface area contributed by atoms with E-state index in [-0.39, 0.29) is 0 Å². The molecule has 0 heterocycles. The molecule has 0 unspecified atom stereocenters. The first-order valence-corrected chi connectivity index (χ1v) is 3.08. The van der Waals surface area contributed by atoms with Crippen molar-refractivity contribution in [2.45, 2.75) is 20.3 Å². The lowest BCUT2D eigenvalue weighted by atomic mass is 10.4. The molecule has 2 nitrogen and oxygen atoms in total. The zero-order chi connectivity index (χ0) is 6.95. The summed E-state index contributed by atoms with van der Waals surface area (Å²) in [7, 11) is 0. The van der Waals surface area contributed by atoms with Gasteiger partial charge in [-0.05, 0) is 19.4 Å². The van der Waals surface area contributed by atoms with E-state index in [2.05, 4.69) is 17.1 Å². The van der Waals surface area contributed by atoms with E-state index in [9.17, 15) is 0 Å². The van der Waals surface area contributed by atoms with Crippen LogP contribution in [0.25, 0.3) is 0 Å². The lowest BCUT2D eigenvalue weighted by Gasteiger charge is -1.72. The van der Waals surface area contributed by atoms with E-state index in [1.807, 2.05) is 19.1 Å². The second kappa shape index (κ2) is 7.08. The summed E-state index contributed by atoms with van der Waals surface area (Å²) < 4.78 is 0. The molecule has 0 aromatic heterocycles. The zero-order valence-corrected chi connectivity index (χ0v) is 5.91. The van der Waals surface area contributed by atoms with E-state index < -0.39 is 0 Å². The fourth-order valence-corrected chi connectivity index (χ4v) is 0.341. The Morgan fingerprint density at radius 3 is 2.67 bits per heavy atom. The quantitative estimate of drug-likeness (QED) is 0.406. The van der Waals surface area contributed by atoms with E-state index in [1.165, 1.54) is 0 Å². The summed E-state index contributed by atoms with van der Waals surface area (Å²) in [5.74, 6) is 0. The summed E-state index contributed by atoms with van der Waals surface area (Å²) in [5.41, 5.74) is 0. The first kappa shape index (κ1) is 8.08. The van der Waals surface area contributed by atoms with Gasteiger partial charge in [-0.3, -0.25) is 0 Å². The van der Waals surface area contributed by atoms with Crippen molar-refractivity contribution in [1.82, 2.24) is 0 Å². The van der Waals surface area contributed by atoms with Crippen LogP contribution in [0.1, 0.15) is 20.3 Å². The van der Waals surface area contributed by atoms with E-state index in [0.29, 0.717) is 0 Å². The van der Waals surface area contributed by atoms with Crippen molar-refractivity contribution in [2.24, 2.45) is 10.2 Å². The lowest BCUT2D eigenvalue weighted by Crippen LogP contribution is -1.62. The Morgan fingerprint density at radius 1 is 1.33 bits per heavy atom. The summed E-state index contributed by atoms with van der Waals surface area (Å²) in [6.45, 7) is 3.91. The highest BCUT2D eigenvalue weighted by Gasteiger charge is 1.61. The van der Waals surface area contributed by atoms with Gasteiger partial charge in [-0.1, -0.05) is 13.0 Å². The van der Waals surface area contributed by atoms with Crippen LogP contribution in [-0.2, 0) is 0 Å². The highest BCUT2D eigenvalue weighted by Crippen LogP contribution is 1.76. The summed E-state index contributed by atoms with van der Waals surface area (Å²) in [4.78, 5) is 0. The molecule has 0 aromatic carbocycles. The Hall–Kier alpha value is -0.920. The largest absolute Gasteiger partial charge is 0.164 e. The lowest BCUT2D eigenvalue weighted by molar-refractivity contribution is 1.22. The van der Waals surface area contributed by atoms with E-state index in [1.54, 1.807) is 12.4 Å². The van der Waals surface area contributed by atoms with Gasteiger partial charge in [0.2, 0.25) is 0 Å². The molecule has 0 fully saturated rings. The average Bonchev–Trinajstić information content (AvgIpc) is 1.89. The number of hydrogen-bond donors (Lipinski definition) is 0. The van der Waals surface area contributed by atoms with Gasteiger partial charge in [0.15, 0.2) is 0 Å². The Labute approximate surface area is 56.0 Å². The minimum absolute atomic E-state index is 1.04. The number of allylic oxidation sites excluding steroid dienone is 2. The third-order valence-electron chi connectivity index (χ3n) is 0.707. The molecular formula is C7H12N2. The summed E-state index contributed by atoms with van der Waals surface area (Å²) >= 11 is 0. The highest BCUT2D eigenvalue weighted by atomic mass is 15.2. The van der Waals surface area contributed by atoms with Gasteiger partial charge in [-0.15, -0.1) is 0 Å². The van der Waals surface area contributed by atoms with E-state index in [4.69, 9.17) is 0 Å². The van der Waals surface area contributed by atoms with Crippen LogP contribution >= 0.6 is 0 Å². The van der Waals surface area contributed by atoms with Crippen molar-refractivity contribution in [2.75, 3.05) is 0 Å². The van der Waals surface area contributed by atoms with Gasteiger partial charge in [0.25, 0.3) is 0 Å². The molecule has 0 amide bonds. The van der Waals surface area contributed by atoms with Crippen LogP contribution in [0.5, 0.6) is 0 Å². The molecule has 0 bridgehead atoms. The van der Waals surface area contributed by atoms with Crippen molar-refractivity contribution < 1.29 is 0 Å². The smallest absolute Gasteiger partial charge is 0.0492 e. The first-order valence-electron chi connectivity index (χ1n) is 3.08. The number of hydrogen-bond acceptors (Lipinski definition) is 2. The van der Waals surface area contributed by atoms with Crippen LogP contribution in [0.4, 0.5) is 0 Å². The molecule has 50 valence electrons. The summed E-state index contributed by atoms with van der Waals surface area (Å²) in [6.07, 6.45) is 8.27. The molecule has 2 heteroatoms. The first-order chi connectivity index (χ1) is 4.41. The van der Waals surface area contributed by atoms with Gasteiger partial charge in [-0.25, -0.2) is 0 Å². The Kier molecular flexibility index (Phi) is 6.36. The van der Waals surface area contributed by atoms with Gasteiger partial charge >= 0.3 is 0 Å². The highest BCUT2D eigenvalue weighted by molar-refractivity contribution is 5.71. The van der Waals surface area contributed by atoms with Gasteiger partial charge in [0, 0.05) is 12.4 Å². The van der Waals surface area contributed by atoms with Crippen LogP contribution < -0.4 is 0 Å². The van der Waals surface area contributed by atoms with Gasteiger partial charge in [0.1, 0.15) is 0 Å². The van der Waals surface area contributed by atoms with Crippen molar-refractivity contribution in [3.63, 3.8) is 0 Å². The number of rotatable bonds is 3. The van der Waals surface area contributed by atoms with Gasteiger partial charge in [-0.2, -0.15) is 10.2 Å². The summed E-state index contributed by atoms with van der Waals surface area (Å²) in [5, 5.41) is 7.32. The number of nitrogens with zero attached hydrogens (tertiary/aromatic N) is 2. The molecule has 0 saturated carbocycles. The minimum Gasteiger partial charge on any atom is -0.164 e. The zero-order valence-electron chi connectivity index (χ0n) is 5.91. The van der Waals surface area contributed by atoms with Crippen molar-refractivity contribution in [1.29, 1.82) is 0 Å². The third kappa shape index (κ3) is 7.08. The topological polar surface area (TPSA) is 24.7 Å². The van der Waals surface area contributed by atoms with Crippen LogP contribution in [0, 0.1) is 0 Å². The maximum absolute atomic E-state index is 3.68. The van der Waals surface area contributed by atoms with Gasteiger partial charge < -0.3 is 0 Å². The van der Waals surface area contributed by atoms with Crippen LogP contribution in [0.15, 0.2) is 22.4 Å². The maximum Gasteiger partial charge on any atom is 0.0492 e. The van der Waals surface area contributed by atoms with E-state index >= 15 is 0 Å². The fraction of sp³-hybridized carbons (Fsp3) is 0.429. The predicted octanol–water partition coefficient (Wildman–Crippen LogP) is 2.03. The average molecular weight is 124 g/mol. The molecule has 0 atom stereocenters. The van der Waals surface area contributed by atoms with Crippen molar-refractivity contribution in [3.8, 4) is 0 Å². The SMILES string of the molecule is C\C=N/N=C\C=C/CC. The molecule has 0 rings (SSSR count). The van der Waals surface area contributed by atoms with Crippen LogP contribution in [-0.4, -0.2) is 12.4 Å². The van der Waals surface area contributed by atoms with E-state index in [0.717, 1.165) is 6.42 Å². The maximum atomic E-state index is 3.68. The molecule has 0 spiro atoms. The molecule has 0 saturated heterocycles. The van der Waals surface area contributed by atoms with Crippen LogP contribution in [0.2, 0.25) is 0 Å². The second-order valence-corrected chi connectivity index (χ2v) is 1.47. The minimum atomic E-state index is 1.04. The molecule has 0 aliphatic heterocycles. The van der Waals surface area contributed by atoms with Gasteiger partial charge in [0.05, 0.1) is 0 Å². The van der Waals surface area contributed by atoms with Crippen LogP contribution in [0.3, 0.4) is 0 Å². The Morgan fingerprint density at radius 2 is 2.11 bits per heavy atom. The summed E-state index contributed by atoms with van der Waals surface area (Å²) in [6, 6.07) is 0. The standard InChI is InChI=1S/C7H12N2/c1-3-5-6-7-9-8-4-2/h4-7H,3H2,1-2H3/b6-5-,8-4-,9-7-.